The van der Waals surface area contributed by atoms with Crippen molar-refractivity contribution in [2.75, 3.05) is 18.5 Å². The lowest BCUT2D eigenvalue weighted by molar-refractivity contribution is -0.140. The van der Waals surface area contributed by atoms with Crippen LogP contribution < -0.4 is 10.6 Å². The van der Waals surface area contributed by atoms with Gasteiger partial charge in [-0.3, -0.25) is 9.59 Å². The Bertz CT molecular complexity index is 1270. The van der Waals surface area contributed by atoms with Gasteiger partial charge in [-0.15, -0.1) is 0 Å². The number of carbonyl (C=O) groups excluding carboxylic acids is 2. The van der Waals surface area contributed by atoms with Crippen molar-refractivity contribution in [1.82, 2.24) is 29.5 Å². The van der Waals surface area contributed by atoms with E-state index in [-0.39, 0.29) is 18.5 Å². The first-order valence-corrected chi connectivity index (χ1v) is 9.84. The molecule has 1 amide bonds. The number of rotatable bonds is 7. The van der Waals surface area contributed by atoms with E-state index in [1.807, 2.05) is 41.9 Å². The molecule has 2 N–H and O–H groups in total. The molecule has 0 saturated heterocycles. The number of hydrogen-bond acceptors (Lipinski definition) is 7. The molecule has 3 aromatic heterocycles. The van der Waals surface area contributed by atoms with Gasteiger partial charge in [0, 0.05) is 39.1 Å². The van der Waals surface area contributed by atoms with Crippen molar-refractivity contribution in [1.29, 1.82) is 0 Å². The number of carbonyl (C=O) groups is 2. The average Bonchev–Trinajstić information content (AvgIpc) is 3.33. The summed E-state index contributed by atoms with van der Waals surface area (Å²) in [6.45, 7) is 3.98. The minimum atomic E-state index is -0.325. The second kappa shape index (κ2) is 8.42. The molecule has 0 atom stereocenters. The van der Waals surface area contributed by atoms with Gasteiger partial charge in [0.15, 0.2) is 22.6 Å². The lowest BCUT2D eigenvalue weighted by Gasteiger charge is -2.08. The van der Waals surface area contributed by atoms with E-state index in [1.165, 1.54) is 13.8 Å². The van der Waals surface area contributed by atoms with Crippen LogP contribution in [0.4, 0.5) is 5.82 Å². The molecule has 10 nitrogen and oxygen atoms in total. The third-order valence-corrected chi connectivity index (χ3v) is 4.71. The summed E-state index contributed by atoms with van der Waals surface area (Å²) in [5.74, 6) is 0.199. The number of benzene rings is 1. The summed E-state index contributed by atoms with van der Waals surface area (Å²) < 4.78 is 8.62. The van der Waals surface area contributed by atoms with Gasteiger partial charge in [0.2, 0.25) is 5.91 Å². The molecule has 4 aromatic rings. The molecule has 0 fully saturated rings. The topological polar surface area (TPSA) is 115 Å². The van der Waals surface area contributed by atoms with Crippen LogP contribution in [0, 0.1) is 0 Å². The molecule has 0 aliphatic heterocycles. The summed E-state index contributed by atoms with van der Waals surface area (Å²) in [7, 11) is 1.90. The SMILES string of the molecule is CC(=O)NCc1cccc(-c2cc3nc(NCCOC(C)=O)c4ncn(C)c4n3n2)c1. The summed E-state index contributed by atoms with van der Waals surface area (Å²) in [6.07, 6.45) is 1.71. The number of nitrogens with zero attached hydrogens (tertiary/aromatic N) is 5. The predicted molar refractivity (Wildman–Crippen MR) is 115 cm³/mol. The number of aryl methyl sites for hydroxylation is 1. The zero-order valence-electron chi connectivity index (χ0n) is 17.5. The normalized spacial score (nSPS) is 11.1. The molecule has 0 radical (unpaired) electrons. The van der Waals surface area contributed by atoms with E-state index >= 15 is 0 Å². The highest BCUT2D eigenvalue weighted by atomic mass is 16.5. The number of imidazole rings is 1. The van der Waals surface area contributed by atoms with E-state index in [2.05, 4.69) is 20.6 Å². The van der Waals surface area contributed by atoms with Gasteiger partial charge in [-0.1, -0.05) is 18.2 Å². The molecular weight excluding hydrogens is 398 g/mol. The molecule has 160 valence electrons. The van der Waals surface area contributed by atoms with Gasteiger partial charge in [0.1, 0.15) is 6.61 Å². The number of fused-ring (bicyclic) bond motifs is 3. The largest absolute Gasteiger partial charge is 0.464 e. The van der Waals surface area contributed by atoms with Crippen LogP contribution in [-0.4, -0.2) is 49.2 Å². The Labute approximate surface area is 178 Å². The van der Waals surface area contributed by atoms with Gasteiger partial charge in [-0.05, 0) is 11.6 Å². The highest BCUT2D eigenvalue weighted by Gasteiger charge is 2.16. The van der Waals surface area contributed by atoms with E-state index in [0.717, 1.165) is 22.5 Å². The number of ether oxygens (including phenoxy) is 1. The number of hydrogen-bond donors (Lipinski definition) is 2. The number of aromatic nitrogens is 5. The van der Waals surface area contributed by atoms with Crippen LogP contribution in [0.3, 0.4) is 0 Å². The molecule has 0 aliphatic carbocycles. The Balaban J connectivity index is 1.69. The lowest BCUT2D eigenvalue weighted by Crippen LogP contribution is -2.18. The highest BCUT2D eigenvalue weighted by Crippen LogP contribution is 2.26. The van der Waals surface area contributed by atoms with Crippen LogP contribution in [0.15, 0.2) is 36.7 Å². The average molecular weight is 421 g/mol. The Kier molecular flexibility index (Phi) is 5.52. The molecule has 31 heavy (non-hydrogen) atoms. The fourth-order valence-corrected chi connectivity index (χ4v) is 3.31. The molecule has 10 heteroatoms. The fraction of sp³-hybridized carbons (Fsp3) is 0.286. The van der Waals surface area contributed by atoms with E-state index in [4.69, 9.17) is 9.84 Å². The van der Waals surface area contributed by atoms with Crippen molar-refractivity contribution >= 4 is 34.5 Å². The van der Waals surface area contributed by atoms with Crippen LogP contribution in [-0.2, 0) is 27.9 Å². The molecule has 0 spiro atoms. The maximum atomic E-state index is 11.2. The Morgan fingerprint density at radius 1 is 1.19 bits per heavy atom. The van der Waals surface area contributed by atoms with Crippen molar-refractivity contribution in [2.24, 2.45) is 7.05 Å². The van der Waals surface area contributed by atoms with E-state index in [1.54, 1.807) is 10.8 Å². The van der Waals surface area contributed by atoms with Crippen molar-refractivity contribution < 1.29 is 14.3 Å². The summed E-state index contributed by atoms with van der Waals surface area (Å²) >= 11 is 0. The van der Waals surface area contributed by atoms with Gasteiger partial charge < -0.3 is 19.9 Å². The zero-order chi connectivity index (χ0) is 22.0. The van der Waals surface area contributed by atoms with Crippen LogP contribution in [0.2, 0.25) is 0 Å². The quantitative estimate of drug-likeness (QED) is 0.346. The summed E-state index contributed by atoms with van der Waals surface area (Å²) in [5.41, 5.74) is 4.79. The maximum Gasteiger partial charge on any atom is 0.302 e. The maximum absolute atomic E-state index is 11.2. The predicted octanol–water partition coefficient (Wildman–Crippen LogP) is 1.89. The van der Waals surface area contributed by atoms with Crippen LogP contribution in [0.1, 0.15) is 19.4 Å². The standard InChI is InChI=1S/C21H23N7O3/c1-13(29)23-11-15-5-4-6-16(9-15)17-10-18-25-20(22-7-8-31-14(2)30)19-21(28(18)26-17)27(3)12-24-19/h4-6,9-10,12H,7-8,11H2,1-3H3,(H,22,25)(H,23,29). The van der Waals surface area contributed by atoms with Crippen molar-refractivity contribution in [3.8, 4) is 11.3 Å². The summed E-state index contributed by atoms with van der Waals surface area (Å²) in [5, 5.41) is 10.7. The molecule has 4 rings (SSSR count). The number of amides is 1. The van der Waals surface area contributed by atoms with E-state index < -0.39 is 0 Å². The van der Waals surface area contributed by atoms with Crippen molar-refractivity contribution in [3.63, 3.8) is 0 Å². The zero-order valence-corrected chi connectivity index (χ0v) is 17.5. The number of esters is 1. The minimum Gasteiger partial charge on any atom is -0.464 e. The lowest BCUT2D eigenvalue weighted by atomic mass is 10.1. The molecule has 0 saturated carbocycles. The van der Waals surface area contributed by atoms with Gasteiger partial charge in [0.25, 0.3) is 0 Å². The van der Waals surface area contributed by atoms with E-state index in [0.29, 0.717) is 30.1 Å². The minimum absolute atomic E-state index is 0.0744. The second-order valence-electron chi connectivity index (χ2n) is 7.16. The Morgan fingerprint density at radius 2 is 2.03 bits per heavy atom. The third kappa shape index (κ3) is 4.32. The first-order valence-electron chi connectivity index (χ1n) is 9.84. The molecule has 0 unspecified atom stereocenters. The van der Waals surface area contributed by atoms with Crippen LogP contribution in [0.25, 0.3) is 28.1 Å². The highest BCUT2D eigenvalue weighted by molar-refractivity contribution is 5.86. The number of anilines is 1. The van der Waals surface area contributed by atoms with E-state index in [9.17, 15) is 9.59 Å². The first-order chi connectivity index (χ1) is 14.9. The second-order valence-corrected chi connectivity index (χ2v) is 7.16. The molecule has 0 aliphatic rings. The molecule has 1 aromatic carbocycles. The van der Waals surface area contributed by atoms with Crippen LogP contribution in [0.5, 0.6) is 0 Å². The summed E-state index contributed by atoms with van der Waals surface area (Å²) in [6, 6.07) is 9.76. The summed E-state index contributed by atoms with van der Waals surface area (Å²) in [4.78, 5) is 31.3. The van der Waals surface area contributed by atoms with Gasteiger partial charge in [0.05, 0.1) is 18.6 Å². The third-order valence-electron chi connectivity index (χ3n) is 4.71. The van der Waals surface area contributed by atoms with Crippen molar-refractivity contribution in [2.45, 2.75) is 20.4 Å². The monoisotopic (exact) mass is 421 g/mol. The Hall–Kier alpha value is -3.95. The van der Waals surface area contributed by atoms with Gasteiger partial charge in [-0.2, -0.15) is 9.61 Å². The van der Waals surface area contributed by atoms with Gasteiger partial charge >= 0.3 is 5.97 Å². The number of nitrogens with one attached hydrogen (secondary N) is 2. The smallest absolute Gasteiger partial charge is 0.302 e. The fourth-order valence-electron chi connectivity index (χ4n) is 3.31. The molecular formula is C21H23N7O3. The van der Waals surface area contributed by atoms with Crippen LogP contribution >= 0.6 is 0 Å². The van der Waals surface area contributed by atoms with Gasteiger partial charge in [-0.25, -0.2) is 9.97 Å². The van der Waals surface area contributed by atoms with Crippen molar-refractivity contribution in [3.05, 3.63) is 42.2 Å². The first kappa shape index (κ1) is 20.3. The molecule has 0 bridgehead atoms. The Morgan fingerprint density at radius 3 is 2.81 bits per heavy atom. The molecule has 3 heterocycles.